The number of likely N-dealkylation sites (N-methyl/N-ethyl adjacent to an activating group) is 1. The molecule has 3 heterocycles. The summed E-state index contributed by atoms with van der Waals surface area (Å²) in [6.07, 6.45) is 0. The van der Waals surface area contributed by atoms with E-state index in [1.807, 2.05) is 42.5 Å². The van der Waals surface area contributed by atoms with Crippen LogP contribution in [0.25, 0.3) is 44.5 Å². The summed E-state index contributed by atoms with van der Waals surface area (Å²) in [6.45, 7) is 4.49. The van der Waals surface area contributed by atoms with Gasteiger partial charge in [0.15, 0.2) is 0 Å². The third-order valence-electron chi connectivity index (χ3n) is 8.24. The summed E-state index contributed by atoms with van der Waals surface area (Å²) in [5.74, 6) is 0.506. The number of nitrogen functional groups attached to an aromatic ring is 1. The van der Waals surface area contributed by atoms with E-state index in [9.17, 15) is 4.79 Å². The van der Waals surface area contributed by atoms with E-state index >= 15 is 0 Å². The first-order valence-electron chi connectivity index (χ1n) is 14.4. The molecule has 6 aromatic rings. The normalized spacial score (nSPS) is 14.0. The lowest BCUT2D eigenvalue weighted by molar-refractivity contribution is 0.313. The number of nitrogens with zero attached hydrogens (tertiary/aromatic N) is 3. The lowest BCUT2D eigenvalue weighted by Gasteiger charge is -2.34. The molecule has 5 N–H and O–H groups in total. The molecule has 0 aliphatic carbocycles. The Morgan fingerprint density at radius 3 is 2.47 bits per heavy atom. The van der Waals surface area contributed by atoms with Gasteiger partial charge in [-0.15, -0.1) is 0 Å². The van der Waals surface area contributed by atoms with Gasteiger partial charge in [-0.05, 0) is 60.6 Å². The topological polar surface area (TPSA) is 106 Å². The average Bonchev–Trinajstić information content (AvgIpc) is 3.44. The zero-order valence-electron chi connectivity index (χ0n) is 23.8. The van der Waals surface area contributed by atoms with Gasteiger partial charge in [0.25, 0.3) is 5.56 Å². The van der Waals surface area contributed by atoms with Crippen molar-refractivity contribution in [2.75, 3.05) is 49.2 Å². The van der Waals surface area contributed by atoms with Crippen LogP contribution in [-0.4, -0.2) is 53.1 Å². The lowest BCUT2D eigenvalue weighted by Crippen LogP contribution is -2.44. The van der Waals surface area contributed by atoms with Crippen molar-refractivity contribution < 1.29 is 0 Å². The van der Waals surface area contributed by atoms with Gasteiger partial charge in [0.05, 0.1) is 22.2 Å². The zero-order valence-corrected chi connectivity index (χ0v) is 24.6. The minimum absolute atomic E-state index is 0.231. The average molecular weight is 590 g/mol. The van der Waals surface area contributed by atoms with Crippen molar-refractivity contribution in [1.82, 2.24) is 19.9 Å². The zero-order chi connectivity index (χ0) is 29.5. The van der Waals surface area contributed by atoms with E-state index in [2.05, 4.69) is 68.5 Å². The molecule has 0 atom stereocenters. The summed E-state index contributed by atoms with van der Waals surface area (Å²) >= 11 is 6.44. The van der Waals surface area contributed by atoms with Crippen LogP contribution in [0.1, 0.15) is 5.56 Å². The maximum Gasteiger partial charge on any atom is 0.261 e. The van der Waals surface area contributed by atoms with Crippen LogP contribution in [0.3, 0.4) is 0 Å². The highest BCUT2D eigenvalue weighted by Gasteiger charge is 2.20. The molecule has 1 saturated heterocycles. The van der Waals surface area contributed by atoms with Crippen LogP contribution < -0.4 is 21.5 Å². The van der Waals surface area contributed by atoms with E-state index in [0.717, 1.165) is 70.7 Å². The van der Waals surface area contributed by atoms with Gasteiger partial charge < -0.3 is 30.8 Å². The number of piperazine rings is 1. The van der Waals surface area contributed by atoms with Crippen LogP contribution >= 0.6 is 11.6 Å². The van der Waals surface area contributed by atoms with Crippen LogP contribution in [0.2, 0.25) is 5.02 Å². The number of pyridine rings is 1. The second kappa shape index (κ2) is 11.1. The van der Waals surface area contributed by atoms with Crippen molar-refractivity contribution in [3.8, 4) is 22.5 Å². The van der Waals surface area contributed by atoms with E-state index in [4.69, 9.17) is 22.3 Å². The molecular formula is C34H32ClN7O. The van der Waals surface area contributed by atoms with Gasteiger partial charge in [-0.2, -0.15) is 0 Å². The number of rotatable bonds is 6. The Bertz CT molecular complexity index is 2010. The first kappa shape index (κ1) is 27.1. The third kappa shape index (κ3) is 5.31. The molecule has 2 aromatic heterocycles. The van der Waals surface area contributed by atoms with E-state index < -0.39 is 0 Å². The summed E-state index contributed by atoms with van der Waals surface area (Å²) in [7, 11) is 2.15. The number of benzene rings is 4. The highest BCUT2D eigenvalue weighted by atomic mass is 35.5. The van der Waals surface area contributed by atoms with Crippen LogP contribution in [-0.2, 0) is 6.54 Å². The number of hydrogen-bond acceptors (Lipinski definition) is 6. The van der Waals surface area contributed by atoms with E-state index in [0.29, 0.717) is 34.2 Å². The summed E-state index contributed by atoms with van der Waals surface area (Å²) in [5, 5.41) is 4.94. The number of hydrogen-bond donors (Lipinski definition) is 4. The number of aromatic amines is 2. The number of nitrogens with one attached hydrogen (secondary N) is 3. The molecule has 216 valence electrons. The maximum absolute atomic E-state index is 13.6. The number of halogens is 1. The predicted molar refractivity (Wildman–Crippen MR) is 178 cm³/mol. The minimum atomic E-state index is -0.231. The number of anilines is 3. The van der Waals surface area contributed by atoms with Crippen molar-refractivity contribution >= 4 is 50.6 Å². The molecule has 0 amide bonds. The Morgan fingerprint density at radius 2 is 1.67 bits per heavy atom. The fourth-order valence-electron chi connectivity index (χ4n) is 5.80. The summed E-state index contributed by atoms with van der Waals surface area (Å²) in [6, 6.07) is 27.8. The molecule has 0 spiro atoms. The number of imidazole rings is 1. The Hall–Kier alpha value is -4.79. The van der Waals surface area contributed by atoms with E-state index in [1.54, 1.807) is 6.07 Å². The SMILES string of the molecule is CN1CCN(c2ccc3[nH]c(-c4c(NCc5ccc(-c6ccccc6N)cc5)c5cc(Cl)ccc5[nH]c4=O)nc3c2)CC1. The van der Waals surface area contributed by atoms with Crippen molar-refractivity contribution in [2.45, 2.75) is 6.54 Å². The maximum atomic E-state index is 13.6. The molecule has 1 aliphatic heterocycles. The number of nitrogens with two attached hydrogens (primary N) is 1. The highest BCUT2D eigenvalue weighted by Crippen LogP contribution is 2.34. The van der Waals surface area contributed by atoms with Gasteiger partial charge in [-0.25, -0.2) is 4.98 Å². The Labute approximate surface area is 254 Å². The van der Waals surface area contributed by atoms with Crippen molar-refractivity contribution in [3.05, 3.63) is 106 Å². The molecule has 8 nitrogen and oxygen atoms in total. The van der Waals surface area contributed by atoms with Gasteiger partial charge in [-0.1, -0.05) is 54.1 Å². The van der Waals surface area contributed by atoms with E-state index in [1.165, 1.54) is 0 Å². The molecule has 7 rings (SSSR count). The number of para-hydroxylation sites is 1. The molecule has 43 heavy (non-hydrogen) atoms. The summed E-state index contributed by atoms with van der Waals surface area (Å²) < 4.78 is 0. The Morgan fingerprint density at radius 1 is 0.907 bits per heavy atom. The van der Waals surface area contributed by atoms with Crippen molar-refractivity contribution in [3.63, 3.8) is 0 Å². The Balaban J connectivity index is 1.25. The molecule has 0 saturated carbocycles. The van der Waals surface area contributed by atoms with Crippen molar-refractivity contribution in [2.24, 2.45) is 0 Å². The van der Waals surface area contributed by atoms with E-state index in [-0.39, 0.29) is 5.56 Å². The quantitative estimate of drug-likeness (QED) is 0.169. The molecule has 1 aliphatic rings. The van der Waals surface area contributed by atoms with Gasteiger partial charge in [-0.3, -0.25) is 4.79 Å². The van der Waals surface area contributed by atoms with Crippen LogP contribution in [0, 0.1) is 0 Å². The number of fused-ring (bicyclic) bond motifs is 2. The van der Waals surface area contributed by atoms with Gasteiger partial charge in [0.1, 0.15) is 11.4 Å². The van der Waals surface area contributed by atoms with Crippen LogP contribution in [0.15, 0.2) is 89.7 Å². The van der Waals surface area contributed by atoms with Gasteiger partial charge >= 0.3 is 0 Å². The molecule has 4 aromatic carbocycles. The number of H-pyrrole nitrogens is 2. The summed E-state index contributed by atoms with van der Waals surface area (Å²) in [5.41, 5.74) is 14.5. The molecule has 1 fully saturated rings. The predicted octanol–water partition coefficient (Wildman–Crippen LogP) is 6.34. The van der Waals surface area contributed by atoms with Gasteiger partial charge in [0.2, 0.25) is 0 Å². The van der Waals surface area contributed by atoms with Crippen LogP contribution in [0.4, 0.5) is 17.1 Å². The molecule has 0 bridgehead atoms. The fraction of sp³-hybridized carbons (Fsp3) is 0.176. The van der Waals surface area contributed by atoms with Gasteiger partial charge in [0, 0.05) is 60.1 Å². The molecule has 0 radical (unpaired) electrons. The monoisotopic (exact) mass is 589 g/mol. The first-order valence-corrected chi connectivity index (χ1v) is 14.8. The molecule has 9 heteroatoms. The Kier molecular flexibility index (Phi) is 7.01. The highest BCUT2D eigenvalue weighted by molar-refractivity contribution is 6.31. The molecule has 0 unspecified atom stereocenters. The number of aromatic nitrogens is 3. The van der Waals surface area contributed by atoms with Crippen LogP contribution in [0.5, 0.6) is 0 Å². The smallest absolute Gasteiger partial charge is 0.261 e. The standard InChI is InChI=1S/C34H32ClN7O/c1-41-14-16-42(17-15-41)24-11-13-29-30(19-24)39-33(38-29)31-32(26-18-23(35)10-12-28(26)40-34(31)43)37-20-21-6-8-22(9-7-21)25-4-2-3-5-27(25)36/h2-13,18-19H,14-17,20,36H2,1H3,(H,38,39)(H2,37,40,43). The third-order valence-corrected chi connectivity index (χ3v) is 8.48. The summed E-state index contributed by atoms with van der Waals surface area (Å²) in [4.78, 5) is 29.6. The second-order valence-electron chi connectivity index (χ2n) is 11.1. The first-order chi connectivity index (χ1) is 20.9. The fourth-order valence-corrected chi connectivity index (χ4v) is 5.97. The lowest BCUT2D eigenvalue weighted by atomic mass is 10.0. The molecular weight excluding hydrogens is 558 g/mol. The minimum Gasteiger partial charge on any atom is -0.398 e. The van der Waals surface area contributed by atoms with Crippen molar-refractivity contribution in [1.29, 1.82) is 0 Å². The second-order valence-corrected chi connectivity index (χ2v) is 11.5. The largest absolute Gasteiger partial charge is 0.398 e.